The molecule has 0 amide bonds. The van der Waals surface area contributed by atoms with Crippen LogP contribution in [0.3, 0.4) is 0 Å². The van der Waals surface area contributed by atoms with Gasteiger partial charge in [-0.15, -0.1) is 0 Å². The molecule has 4 aromatic rings. The molecule has 0 aliphatic rings. The number of fused-ring (bicyclic) bond motifs is 3. The van der Waals surface area contributed by atoms with Crippen LogP contribution < -0.4 is 5.63 Å². The minimum atomic E-state index is -0.333. The predicted molar refractivity (Wildman–Crippen MR) is 82.2 cm³/mol. The van der Waals surface area contributed by atoms with Gasteiger partial charge in [-0.3, -0.25) is 4.57 Å². The molecule has 0 aliphatic carbocycles. The maximum absolute atomic E-state index is 12.1. The van der Waals surface area contributed by atoms with E-state index in [1.807, 2.05) is 60.1 Å². The molecule has 0 aliphatic heterocycles. The lowest BCUT2D eigenvalue weighted by Crippen LogP contribution is -2.01. The SMILES string of the molecule is Cn1c(-c2ccccc2)nc2c3ccccc3c(=O)oc21. The number of nitrogens with zero attached hydrogens (tertiary/aromatic N) is 2. The molecular formula is C17H12N2O2. The Morgan fingerprint density at radius 3 is 2.38 bits per heavy atom. The minimum Gasteiger partial charge on any atom is -0.403 e. The summed E-state index contributed by atoms with van der Waals surface area (Å²) in [6.07, 6.45) is 0. The largest absolute Gasteiger partial charge is 0.403 e. The van der Waals surface area contributed by atoms with Crippen molar-refractivity contribution >= 4 is 22.0 Å². The third kappa shape index (κ3) is 1.69. The number of imidazole rings is 1. The van der Waals surface area contributed by atoms with Gasteiger partial charge in [-0.05, 0) is 6.07 Å². The topological polar surface area (TPSA) is 48.0 Å². The van der Waals surface area contributed by atoms with Crippen molar-refractivity contribution in [3.63, 3.8) is 0 Å². The van der Waals surface area contributed by atoms with Crippen molar-refractivity contribution in [2.75, 3.05) is 0 Å². The van der Waals surface area contributed by atoms with E-state index in [1.54, 1.807) is 6.07 Å². The Morgan fingerprint density at radius 2 is 1.62 bits per heavy atom. The van der Waals surface area contributed by atoms with E-state index in [9.17, 15) is 4.79 Å². The second-order valence-electron chi connectivity index (χ2n) is 4.95. The fraction of sp³-hybridized carbons (Fsp3) is 0.0588. The highest BCUT2D eigenvalue weighted by Crippen LogP contribution is 2.27. The molecule has 0 N–H and O–H groups in total. The molecule has 102 valence electrons. The lowest BCUT2D eigenvalue weighted by Gasteiger charge is -2.00. The summed E-state index contributed by atoms with van der Waals surface area (Å²) in [6.45, 7) is 0. The maximum atomic E-state index is 12.1. The molecule has 2 heterocycles. The average molecular weight is 276 g/mol. The summed E-state index contributed by atoms with van der Waals surface area (Å²) >= 11 is 0. The average Bonchev–Trinajstić information content (AvgIpc) is 2.86. The van der Waals surface area contributed by atoms with Gasteiger partial charge in [0, 0.05) is 18.0 Å². The fourth-order valence-electron chi connectivity index (χ4n) is 2.63. The highest BCUT2D eigenvalue weighted by Gasteiger charge is 2.15. The molecule has 0 unspecified atom stereocenters. The van der Waals surface area contributed by atoms with Gasteiger partial charge in [-0.1, -0.05) is 48.5 Å². The van der Waals surface area contributed by atoms with Crippen molar-refractivity contribution in [2.24, 2.45) is 7.05 Å². The number of rotatable bonds is 1. The summed E-state index contributed by atoms with van der Waals surface area (Å²) in [5.41, 5.74) is 1.87. The van der Waals surface area contributed by atoms with Crippen molar-refractivity contribution in [1.29, 1.82) is 0 Å². The van der Waals surface area contributed by atoms with Crippen LogP contribution in [0, 0.1) is 0 Å². The standard InChI is InChI=1S/C17H12N2O2/c1-19-15(11-7-3-2-4-8-11)18-14-12-9-5-6-10-13(12)17(20)21-16(14)19/h2-10H,1H3. The van der Waals surface area contributed by atoms with E-state index in [0.29, 0.717) is 16.6 Å². The van der Waals surface area contributed by atoms with E-state index >= 15 is 0 Å². The predicted octanol–water partition coefficient (Wildman–Crippen LogP) is 3.35. The normalized spacial score (nSPS) is 11.3. The van der Waals surface area contributed by atoms with E-state index < -0.39 is 0 Å². The van der Waals surface area contributed by atoms with E-state index in [1.165, 1.54) is 0 Å². The lowest BCUT2D eigenvalue weighted by atomic mass is 10.2. The second kappa shape index (κ2) is 4.31. The summed E-state index contributed by atoms with van der Waals surface area (Å²) in [4.78, 5) is 16.8. The molecular weight excluding hydrogens is 264 g/mol. The molecule has 0 bridgehead atoms. The zero-order chi connectivity index (χ0) is 14.4. The molecule has 21 heavy (non-hydrogen) atoms. The molecule has 0 saturated heterocycles. The van der Waals surface area contributed by atoms with Gasteiger partial charge in [-0.25, -0.2) is 9.78 Å². The van der Waals surface area contributed by atoms with Gasteiger partial charge in [-0.2, -0.15) is 0 Å². The van der Waals surface area contributed by atoms with Crippen molar-refractivity contribution in [3.8, 4) is 11.4 Å². The van der Waals surface area contributed by atoms with E-state index in [0.717, 1.165) is 16.8 Å². The zero-order valence-corrected chi connectivity index (χ0v) is 11.4. The van der Waals surface area contributed by atoms with Crippen LogP contribution in [0.5, 0.6) is 0 Å². The van der Waals surface area contributed by atoms with Gasteiger partial charge in [0.2, 0.25) is 5.71 Å². The molecule has 0 saturated carbocycles. The van der Waals surface area contributed by atoms with Crippen molar-refractivity contribution in [1.82, 2.24) is 9.55 Å². The van der Waals surface area contributed by atoms with Crippen LogP contribution in [0.25, 0.3) is 33.4 Å². The first-order chi connectivity index (χ1) is 10.3. The molecule has 2 aromatic carbocycles. The van der Waals surface area contributed by atoms with E-state index in [4.69, 9.17) is 4.42 Å². The van der Waals surface area contributed by atoms with E-state index in [-0.39, 0.29) is 5.63 Å². The van der Waals surface area contributed by atoms with Crippen LogP contribution in [-0.2, 0) is 7.05 Å². The fourth-order valence-corrected chi connectivity index (χ4v) is 2.63. The first-order valence-corrected chi connectivity index (χ1v) is 6.69. The Balaban J connectivity index is 2.16. The molecule has 0 spiro atoms. The summed E-state index contributed by atoms with van der Waals surface area (Å²) in [7, 11) is 1.86. The van der Waals surface area contributed by atoms with Crippen LogP contribution in [0.15, 0.2) is 63.8 Å². The van der Waals surface area contributed by atoms with Gasteiger partial charge >= 0.3 is 5.63 Å². The molecule has 4 heteroatoms. The van der Waals surface area contributed by atoms with Gasteiger partial charge in [0.15, 0.2) is 0 Å². The minimum absolute atomic E-state index is 0.333. The molecule has 0 radical (unpaired) electrons. The van der Waals surface area contributed by atoms with Crippen LogP contribution in [0.4, 0.5) is 0 Å². The Kier molecular flexibility index (Phi) is 2.44. The first kappa shape index (κ1) is 11.9. The smallest absolute Gasteiger partial charge is 0.345 e. The van der Waals surface area contributed by atoms with Crippen LogP contribution in [0.2, 0.25) is 0 Å². The number of aromatic nitrogens is 2. The van der Waals surface area contributed by atoms with Crippen molar-refractivity contribution < 1.29 is 4.42 Å². The molecule has 0 atom stereocenters. The molecule has 0 fully saturated rings. The Morgan fingerprint density at radius 1 is 0.952 bits per heavy atom. The summed E-state index contributed by atoms with van der Waals surface area (Å²) in [5.74, 6) is 0.783. The number of aryl methyl sites for hydroxylation is 1. The zero-order valence-electron chi connectivity index (χ0n) is 11.4. The quantitative estimate of drug-likeness (QED) is 0.535. The van der Waals surface area contributed by atoms with Gasteiger partial charge in [0.25, 0.3) is 0 Å². The number of benzene rings is 2. The molecule has 2 aromatic heterocycles. The van der Waals surface area contributed by atoms with E-state index in [2.05, 4.69) is 4.98 Å². The van der Waals surface area contributed by atoms with Crippen LogP contribution in [-0.4, -0.2) is 9.55 Å². The highest BCUT2D eigenvalue weighted by molar-refractivity contribution is 6.02. The van der Waals surface area contributed by atoms with Gasteiger partial charge < -0.3 is 4.42 Å². The van der Waals surface area contributed by atoms with Gasteiger partial charge in [0.1, 0.15) is 11.3 Å². The Labute approximate surface area is 120 Å². The third-order valence-electron chi connectivity index (χ3n) is 3.67. The molecule has 4 rings (SSSR count). The summed E-state index contributed by atoms with van der Waals surface area (Å²) < 4.78 is 7.27. The Bertz CT molecular complexity index is 1010. The van der Waals surface area contributed by atoms with Crippen molar-refractivity contribution in [3.05, 3.63) is 65.0 Å². The van der Waals surface area contributed by atoms with Gasteiger partial charge in [0.05, 0.1) is 5.39 Å². The number of hydrogen-bond donors (Lipinski definition) is 0. The summed E-state index contributed by atoms with van der Waals surface area (Å²) in [6, 6.07) is 17.2. The maximum Gasteiger partial charge on any atom is 0.345 e. The summed E-state index contributed by atoms with van der Waals surface area (Å²) in [5, 5.41) is 1.38. The van der Waals surface area contributed by atoms with Crippen LogP contribution >= 0.6 is 0 Å². The Hall–Kier alpha value is -2.88. The first-order valence-electron chi connectivity index (χ1n) is 6.69. The monoisotopic (exact) mass is 276 g/mol. The highest BCUT2D eigenvalue weighted by atomic mass is 16.4. The second-order valence-corrected chi connectivity index (χ2v) is 4.95. The van der Waals surface area contributed by atoms with Crippen LogP contribution in [0.1, 0.15) is 0 Å². The molecule has 4 nitrogen and oxygen atoms in total. The third-order valence-corrected chi connectivity index (χ3v) is 3.67. The van der Waals surface area contributed by atoms with Crippen molar-refractivity contribution in [2.45, 2.75) is 0 Å². The number of hydrogen-bond acceptors (Lipinski definition) is 3. The lowest BCUT2D eigenvalue weighted by molar-refractivity contribution is 0.544.